The molecule has 0 radical (unpaired) electrons. The molecule has 19 heavy (non-hydrogen) atoms. The maximum Gasteiger partial charge on any atom is 0.124 e. The molecule has 0 fully saturated rings. The second kappa shape index (κ2) is 6.17. The van der Waals surface area contributed by atoms with Crippen LogP contribution in [0.4, 0.5) is 4.39 Å². The molecular formula is C12H13ClFIN4. The maximum atomic E-state index is 13.2. The molecule has 1 unspecified atom stereocenters. The zero-order chi connectivity index (χ0) is 14.0. The minimum absolute atomic E-state index is 0.279. The van der Waals surface area contributed by atoms with Crippen molar-refractivity contribution in [3.63, 3.8) is 0 Å². The number of halogens is 3. The van der Waals surface area contributed by atoms with Crippen LogP contribution in [0, 0.1) is 9.39 Å². The van der Waals surface area contributed by atoms with Crippen LogP contribution in [0.5, 0.6) is 0 Å². The molecule has 0 aliphatic rings. The van der Waals surface area contributed by atoms with Crippen LogP contribution in [0.2, 0.25) is 5.02 Å². The minimum atomic E-state index is -0.331. The highest BCUT2D eigenvalue weighted by atomic mass is 127. The van der Waals surface area contributed by atoms with Gasteiger partial charge in [0.05, 0.1) is 23.0 Å². The Morgan fingerprint density at radius 3 is 2.89 bits per heavy atom. The second-order valence-electron chi connectivity index (χ2n) is 3.96. The third-order valence-corrected chi connectivity index (χ3v) is 4.07. The number of nitrogens with one attached hydrogen (secondary N) is 1. The maximum absolute atomic E-state index is 13.2. The predicted octanol–water partition coefficient (Wildman–Crippen LogP) is 2.85. The van der Waals surface area contributed by atoms with Crippen molar-refractivity contribution in [1.82, 2.24) is 15.2 Å². The molecule has 0 aliphatic carbocycles. The van der Waals surface area contributed by atoms with E-state index in [2.05, 4.69) is 33.1 Å². The van der Waals surface area contributed by atoms with E-state index in [0.29, 0.717) is 11.6 Å². The summed E-state index contributed by atoms with van der Waals surface area (Å²) >= 11 is 8.25. The quantitative estimate of drug-likeness (QED) is 0.476. The van der Waals surface area contributed by atoms with Crippen molar-refractivity contribution in [2.45, 2.75) is 19.5 Å². The molecular weight excluding hydrogens is 382 g/mol. The van der Waals surface area contributed by atoms with E-state index < -0.39 is 0 Å². The SMILES string of the molecule is CCn1ncc(Cl)c1C(NN)c1ccc(F)cc1I. The van der Waals surface area contributed by atoms with Gasteiger partial charge in [0.1, 0.15) is 5.82 Å². The lowest BCUT2D eigenvalue weighted by atomic mass is 10.0. The third-order valence-electron chi connectivity index (χ3n) is 2.85. The van der Waals surface area contributed by atoms with Gasteiger partial charge in [-0.2, -0.15) is 5.10 Å². The summed E-state index contributed by atoms with van der Waals surface area (Å²) in [6.07, 6.45) is 1.58. The number of hydrazine groups is 1. The fraction of sp³-hybridized carbons (Fsp3) is 0.250. The molecule has 2 rings (SSSR count). The summed E-state index contributed by atoms with van der Waals surface area (Å²) in [4.78, 5) is 0. The van der Waals surface area contributed by atoms with E-state index >= 15 is 0 Å². The molecule has 1 heterocycles. The van der Waals surface area contributed by atoms with E-state index in [1.807, 2.05) is 6.92 Å². The number of hydrogen-bond donors (Lipinski definition) is 2. The Bertz CT molecular complexity index is 587. The van der Waals surface area contributed by atoms with Crippen LogP contribution in [0.15, 0.2) is 24.4 Å². The van der Waals surface area contributed by atoms with Crippen molar-refractivity contribution < 1.29 is 4.39 Å². The highest BCUT2D eigenvalue weighted by molar-refractivity contribution is 14.1. The summed E-state index contributed by atoms with van der Waals surface area (Å²) in [5.41, 5.74) is 4.36. The summed E-state index contributed by atoms with van der Waals surface area (Å²) in [6, 6.07) is 4.23. The average Bonchev–Trinajstić information content (AvgIpc) is 2.74. The number of benzene rings is 1. The molecule has 1 aromatic heterocycles. The predicted molar refractivity (Wildman–Crippen MR) is 81.2 cm³/mol. The summed E-state index contributed by atoms with van der Waals surface area (Å²) < 4.78 is 15.7. The Balaban J connectivity index is 2.52. The van der Waals surface area contributed by atoms with Gasteiger partial charge in [-0.05, 0) is 47.2 Å². The monoisotopic (exact) mass is 394 g/mol. The number of aromatic nitrogens is 2. The minimum Gasteiger partial charge on any atom is -0.271 e. The van der Waals surface area contributed by atoms with E-state index in [0.717, 1.165) is 14.8 Å². The number of nitrogens with two attached hydrogens (primary N) is 1. The van der Waals surface area contributed by atoms with Crippen molar-refractivity contribution in [2.24, 2.45) is 5.84 Å². The van der Waals surface area contributed by atoms with Gasteiger partial charge in [-0.3, -0.25) is 10.5 Å². The lowest BCUT2D eigenvalue weighted by molar-refractivity contribution is 0.541. The van der Waals surface area contributed by atoms with Crippen molar-refractivity contribution in [3.05, 3.63) is 50.1 Å². The summed E-state index contributed by atoms with van der Waals surface area (Å²) in [5.74, 6) is 5.37. The first-order valence-electron chi connectivity index (χ1n) is 5.70. The van der Waals surface area contributed by atoms with Crippen molar-refractivity contribution in [1.29, 1.82) is 0 Å². The van der Waals surface area contributed by atoms with Crippen LogP contribution in [0.25, 0.3) is 0 Å². The Hall–Kier alpha value is -0.700. The van der Waals surface area contributed by atoms with Gasteiger partial charge < -0.3 is 0 Å². The highest BCUT2D eigenvalue weighted by Crippen LogP contribution is 2.30. The average molecular weight is 395 g/mol. The van der Waals surface area contributed by atoms with Gasteiger partial charge in [0.2, 0.25) is 0 Å². The number of hydrogen-bond acceptors (Lipinski definition) is 3. The van der Waals surface area contributed by atoms with Crippen LogP contribution in [-0.2, 0) is 6.54 Å². The molecule has 0 amide bonds. The van der Waals surface area contributed by atoms with Crippen LogP contribution < -0.4 is 11.3 Å². The molecule has 0 spiro atoms. The van der Waals surface area contributed by atoms with Gasteiger partial charge in [-0.1, -0.05) is 17.7 Å². The summed E-state index contributed by atoms with van der Waals surface area (Å²) in [5, 5.41) is 4.72. The molecule has 1 atom stereocenters. The Morgan fingerprint density at radius 1 is 1.58 bits per heavy atom. The van der Waals surface area contributed by atoms with Gasteiger partial charge in [0.15, 0.2) is 0 Å². The Labute approximate surface area is 129 Å². The van der Waals surface area contributed by atoms with E-state index in [1.165, 1.54) is 12.1 Å². The Morgan fingerprint density at radius 2 is 2.32 bits per heavy atom. The summed E-state index contributed by atoms with van der Waals surface area (Å²) in [6.45, 7) is 2.65. The lowest BCUT2D eigenvalue weighted by Crippen LogP contribution is -2.31. The molecule has 3 N–H and O–H groups in total. The molecule has 1 aromatic carbocycles. The molecule has 0 bridgehead atoms. The molecule has 102 valence electrons. The van der Waals surface area contributed by atoms with Gasteiger partial charge >= 0.3 is 0 Å². The van der Waals surface area contributed by atoms with Crippen molar-refractivity contribution >= 4 is 34.2 Å². The Kier molecular flexibility index (Phi) is 4.77. The van der Waals surface area contributed by atoms with Gasteiger partial charge in [0.25, 0.3) is 0 Å². The molecule has 2 aromatic rings. The zero-order valence-corrected chi connectivity index (χ0v) is 13.1. The second-order valence-corrected chi connectivity index (χ2v) is 5.53. The zero-order valence-electron chi connectivity index (χ0n) is 10.2. The van der Waals surface area contributed by atoms with Crippen LogP contribution >= 0.6 is 34.2 Å². The number of aryl methyl sites for hydroxylation is 1. The fourth-order valence-electron chi connectivity index (χ4n) is 1.96. The third kappa shape index (κ3) is 2.91. The number of rotatable bonds is 4. The molecule has 0 aliphatic heterocycles. The van der Waals surface area contributed by atoms with E-state index in [9.17, 15) is 4.39 Å². The largest absolute Gasteiger partial charge is 0.271 e. The summed E-state index contributed by atoms with van der Waals surface area (Å²) in [7, 11) is 0. The number of nitrogens with zero attached hydrogens (tertiary/aromatic N) is 2. The standard InChI is InChI=1S/C12H13ClFIN4/c1-2-19-12(9(13)6-17-19)11(18-16)8-4-3-7(14)5-10(8)15/h3-6,11,18H,2,16H2,1H3. The molecule has 4 nitrogen and oxygen atoms in total. The first-order valence-corrected chi connectivity index (χ1v) is 7.16. The van der Waals surface area contributed by atoms with Crippen LogP contribution in [-0.4, -0.2) is 9.78 Å². The first kappa shape index (κ1) is 14.7. The van der Waals surface area contributed by atoms with Crippen molar-refractivity contribution in [3.8, 4) is 0 Å². The molecule has 0 saturated carbocycles. The van der Waals surface area contributed by atoms with Gasteiger partial charge in [-0.25, -0.2) is 9.82 Å². The van der Waals surface area contributed by atoms with Crippen LogP contribution in [0.3, 0.4) is 0 Å². The van der Waals surface area contributed by atoms with E-state index in [-0.39, 0.29) is 11.9 Å². The van der Waals surface area contributed by atoms with Gasteiger partial charge in [-0.15, -0.1) is 0 Å². The van der Waals surface area contributed by atoms with Crippen LogP contribution in [0.1, 0.15) is 24.2 Å². The normalized spacial score (nSPS) is 12.7. The van der Waals surface area contributed by atoms with Crippen molar-refractivity contribution in [2.75, 3.05) is 0 Å². The topological polar surface area (TPSA) is 55.9 Å². The smallest absolute Gasteiger partial charge is 0.124 e. The fourth-order valence-corrected chi connectivity index (χ4v) is 3.00. The molecule has 0 saturated heterocycles. The van der Waals surface area contributed by atoms with E-state index in [4.69, 9.17) is 17.4 Å². The first-order chi connectivity index (χ1) is 9.08. The molecule has 7 heteroatoms. The van der Waals surface area contributed by atoms with E-state index in [1.54, 1.807) is 16.9 Å². The highest BCUT2D eigenvalue weighted by Gasteiger charge is 2.22. The van der Waals surface area contributed by atoms with Gasteiger partial charge in [0, 0.05) is 10.1 Å². The lowest BCUT2D eigenvalue weighted by Gasteiger charge is -2.19.